The van der Waals surface area contributed by atoms with E-state index in [1.54, 1.807) is 7.05 Å². The summed E-state index contributed by atoms with van der Waals surface area (Å²) in [6, 6.07) is 0.420. The van der Waals surface area contributed by atoms with Crippen molar-refractivity contribution in [2.45, 2.75) is 39.7 Å². The smallest absolute Gasteiger partial charge is 0.188 e. The lowest BCUT2D eigenvalue weighted by atomic mass is 10.0. The van der Waals surface area contributed by atoms with Gasteiger partial charge in [0, 0.05) is 13.1 Å². The molecule has 0 aromatic rings. The van der Waals surface area contributed by atoms with E-state index in [-0.39, 0.29) is 0 Å². The van der Waals surface area contributed by atoms with E-state index in [2.05, 4.69) is 31.1 Å². The second kappa shape index (κ2) is 5.86. The lowest BCUT2D eigenvalue weighted by molar-refractivity contribution is 0.447. The van der Waals surface area contributed by atoms with Crippen molar-refractivity contribution in [3.05, 3.63) is 0 Å². The van der Waals surface area contributed by atoms with Gasteiger partial charge in [-0.2, -0.15) is 0 Å². The molecule has 2 unspecified atom stereocenters. The van der Waals surface area contributed by atoms with Crippen molar-refractivity contribution in [2.75, 3.05) is 7.05 Å². The maximum absolute atomic E-state index is 5.53. The first kappa shape index (κ1) is 11.3. The van der Waals surface area contributed by atoms with E-state index < -0.39 is 0 Å². The Balaban J connectivity index is 3.66. The molecular formula is C9H21N3. The zero-order valence-corrected chi connectivity index (χ0v) is 8.59. The fraction of sp³-hybridized carbons (Fsp3) is 0.889. The number of aliphatic imine (C=N–C) groups is 1. The van der Waals surface area contributed by atoms with Crippen molar-refractivity contribution in [3.63, 3.8) is 0 Å². The van der Waals surface area contributed by atoms with E-state index in [0.29, 0.717) is 12.0 Å². The molecule has 0 aromatic heterocycles. The van der Waals surface area contributed by atoms with Gasteiger partial charge in [0.05, 0.1) is 0 Å². The quantitative estimate of drug-likeness (QED) is 0.495. The van der Waals surface area contributed by atoms with Crippen LogP contribution in [0.1, 0.15) is 33.6 Å². The summed E-state index contributed by atoms with van der Waals surface area (Å²) < 4.78 is 0. The minimum Gasteiger partial charge on any atom is -0.370 e. The molecule has 0 saturated heterocycles. The number of rotatable bonds is 4. The van der Waals surface area contributed by atoms with Gasteiger partial charge >= 0.3 is 0 Å². The largest absolute Gasteiger partial charge is 0.370 e. The molecule has 0 saturated carbocycles. The van der Waals surface area contributed by atoms with Gasteiger partial charge in [-0.05, 0) is 19.3 Å². The molecule has 0 fully saturated rings. The monoisotopic (exact) mass is 171 g/mol. The molecule has 0 aliphatic rings. The van der Waals surface area contributed by atoms with Gasteiger partial charge in [0.25, 0.3) is 0 Å². The van der Waals surface area contributed by atoms with Crippen LogP contribution in [0.4, 0.5) is 0 Å². The highest BCUT2D eigenvalue weighted by Gasteiger charge is 2.06. The molecular weight excluding hydrogens is 150 g/mol. The predicted molar refractivity (Wildman–Crippen MR) is 54.2 cm³/mol. The van der Waals surface area contributed by atoms with Gasteiger partial charge in [-0.3, -0.25) is 4.99 Å². The highest BCUT2D eigenvalue weighted by Crippen LogP contribution is 2.08. The number of nitrogens with zero attached hydrogens (tertiary/aromatic N) is 1. The number of hydrogen-bond donors (Lipinski definition) is 2. The lowest BCUT2D eigenvalue weighted by Gasteiger charge is -2.17. The summed E-state index contributed by atoms with van der Waals surface area (Å²) in [4.78, 5) is 3.84. The summed E-state index contributed by atoms with van der Waals surface area (Å²) in [6.45, 7) is 6.58. The van der Waals surface area contributed by atoms with Crippen molar-refractivity contribution in [1.29, 1.82) is 0 Å². The molecule has 72 valence electrons. The first-order valence-electron chi connectivity index (χ1n) is 4.58. The van der Waals surface area contributed by atoms with Crippen LogP contribution in [-0.4, -0.2) is 19.0 Å². The lowest BCUT2D eigenvalue weighted by Crippen LogP contribution is -2.38. The van der Waals surface area contributed by atoms with Gasteiger partial charge in [0.1, 0.15) is 0 Å². The average Bonchev–Trinajstić information content (AvgIpc) is 2.03. The maximum atomic E-state index is 5.53. The molecule has 0 aromatic carbocycles. The number of nitrogens with one attached hydrogen (secondary N) is 1. The third kappa shape index (κ3) is 4.99. The van der Waals surface area contributed by atoms with Crippen LogP contribution in [0.3, 0.4) is 0 Å². The average molecular weight is 171 g/mol. The van der Waals surface area contributed by atoms with E-state index in [1.165, 1.54) is 6.42 Å². The Morgan fingerprint density at radius 3 is 2.50 bits per heavy atom. The summed E-state index contributed by atoms with van der Waals surface area (Å²) in [5.41, 5.74) is 5.53. The van der Waals surface area contributed by atoms with E-state index in [9.17, 15) is 0 Å². The zero-order valence-electron chi connectivity index (χ0n) is 8.59. The van der Waals surface area contributed by atoms with Crippen molar-refractivity contribution < 1.29 is 0 Å². The van der Waals surface area contributed by atoms with E-state index in [1.807, 2.05) is 0 Å². The van der Waals surface area contributed by atoms with Gasteiger partial charge in [-0.1, -0.05) is 20.3 Å². The SMILES string of the molecule is CCC(C)CC(C)NC(N)=NC. The molecule has 0 rings (SSSR count). The number of nitrogens with two attached hydrogens (primary N) is 1. The molecule has 2 atom stereocenters. The summed E-state index contributed by atoms with van der Waals surface area (Å²) in [5.74, 6) is 1.28. The van der Waals surface area contributed by atoms with E-state index in [4.69, 9.17) is 5.73 Å². The summed E-state index contributed by atoms with van der Waals surface area (Å²) in [5, 5.41) is 3.12. The highest BCUT2D eigenvalue weighted by atomic mass is 15.1. The summed E-state index contributed by atoms with van der Waals surface area (Å²) in [6.07, 6.45) is 2.36. The fourth-order valence-electron chi connectivity index (χ4n) is 1.15. The minimum atomic E-state index is 0.420. The molecule has 0 radical (unpaired) electrons. The molecule has 0 spiro atoms. The molecule has 3 N–H and O–H groups in total. The van der Waals surface area contributed by atoms with Crippen LogP contribution < -0.4 is 11.1 Å². The molecule has 0 heterocycles. The Kier molecular flexibility index (Phi) is 5.51. The van der Waals surface area contributed by atoms with Crippen LogP contribution in [0.5, 0.6) is 0 Å². The van der Waals surface area contributed by atoms with Crippen LogP contribution in [0.15, 0.2) is 4.99 Å². The Labute approximate surface area is 75.4 Å². The highest BCUT2D eigenvalue weighted by molar-refractivity contribution is 5.77. The van der Waals surface area contributed by atoms with E-state index >= 15 is 0 Å². The standard InChI is InChI=1S/C9H21N3/c1-5-7(2)6-8(3)12-9(10)11-4/h7-8H,5-6H2,1-4H3,(H3,10,11,12). The predicted octanol–water partition coefficient (Wildman–Crippen LogP) is 1.35. The molecule has 3 heteroatoms. The third-order valence-electron chi connectivity index (χ3n) is 2.09. The molecule has 0 aliphatic heterocycles. The Morgan fingerprint density at radius 1 is 1.50 bits per heavy atom. The molecule has 0 amide bonds. The normalized spacial score (nSPS) is 17.2. The van der Waals surface area contributed by atoms with Crippen LogP contribution in [-0.2, 0) is 0 Å². The maximum Gasteiger partial charge on any atom is 0.188 e. The molecule has 3 nitrogen and oxygen atoms in total. The van der Waals surface area contributed by atoms with Crippen LogP contribution in [0.2, 0.25) is 0 Å². The van der Waals surface area contributed by atoms with E-state index in [0.717, 1.165) is 12.3 Å². The van der Waals surface area contributed by atoms with Crippen molar-refractivity contribution >= 4 is 5.96 Å². The zero-order chi connectivity index (χ0) is 9.56. The van der Waals surface area contributed by atoms with Gasteiger partial charge < -0.3 is 11.1 Å². The Bertz CT molecular complexity index is 143. The minimum absolute atomic E-state index is 0.420. The molecule has 0 aliphatic carbocycles. The van der Waals surface area contributed by atoms with Gasteiger partial charge in [-0.15, -0.1) is 0 Å². The molecule has 12 heavy (non-hydrogen) atoms. The second-order valence-electron chi connectivity index (χ2n) is 3.40. The van der Waals surface area contributed by atoms with Crippen LogP contribution >= 0.6 is 0 Å². The van der Waals surface area contributed by atoms with Gasteiger partial charge in [0.15, 0.2) is 5.96 Å². The Hall–Kier alpha value is -0.730. The van der Waals surface area contributed by atoms with Crippen LogP contribution in [0, 0.1) is 5.92 Å². The third-order valence-corrected chi connectivity index (χ3v) is 2.09. The summed E-state index contributed by atoms with van der Waals surface area (Å²) in [7, 11) is 1.69. The van der Waals surface area contributed by atoms with Crippen molar-refractivity contribution in [2.24, 2.45) is 16.6 Å². The van der Waals surface area contributed by atoms with Crippen LogP contribution in [0.25, 0.3) is 0 Å². The Morgan fingerprint density at radius 2 is 2.08 bits per heavy atom. The second-order valence-corrected chi connectivity index (χ2v) is 3.40. The van der Waals surface area contributed by atoms with Crippen molar-refractivity contribution in [1.82, 2.24) is 5.32 Å². The molecule has 0 bridgehead atoms. The van der Waals surface area contributed by atoms with Gasteiger partial charge in [0.2, 0.25) is 0 Å². The van der Waals surface area contributed by atoms with Crippen molar-refractivity contribution in [3.8, 4) is 0 Å². The number of guanidine groups is 1. The summed E-state index contributed by atoms with van der Waals surface area (Å²) >= 11 is 0. The first-order valence-corrected chi connectivity index (χ1v) is 4.58. The number of hydrogen-bond acceptors (Lipinski definition) is 1. The fourth-order valence-corrected chi connectivity index (χ4v) is 1.15. The topological polar surface area (TPSA) is 50.4 Å². The van der Waals surface area contributed by atoms with Gasteiger partial charge in [-0.25, -0.2) is 0 Å². The first-order chi connectivity index (χ1) is 5.60.